The molecule has 0 bridgehead atoms. The molecule has 1 unspecified atom stereocenters. The molecule has 3 atom stereocenters. The monoisotopic (exact) mass is 398 g/mol. The number of hydrogen-bond donors (Lipinski definition) is 1. The number of hydrogen-bond acceptors (Lipinski definition) is 6. The minimum Gasteiger partial charge on any atom is -0.341 e. The Morgan fingerprint density at radius 1 is 1.44 bits per heavy atom. The number of likely N-dealkylation sites (tertiary alicyclic amines) is 1. The summed E-state index contributed by atoms with van der Waals surface area (Å²) >= 11 is 0. The Kier molecular flexibility index (Phi) is 5.63. The van der Waals surface area contributed by atoms with Crippen LogP contribution in [0.4, 0.5) is 0 Å². The highest BCUT2D eigenvalue weighted by Crippen LogP contribution is 2.50. The van der Waals surface area contributed by atoms with Crippen molar-refractivity contribution in [1.29, 1.82) is 0 Å². The van der Waals surface area contributed by atoms with Gasteiger partial charge in [-0.25, -0.2) is 13.1 Å². The number of carbonyl (C=O) groups is 1. The Morgan fingerprint density at radius 3 is 2.78 bits per heavy atom. The third-order valence-electron chi connectivity index (χ3n) is 5.84. The summed E-state index contributed by atoms with van der Waals surface area (Å²) in [5.41, 5.74) is -0.463. The van der Waals surface area contributed by atoms with E-state index >= 15 is 0 Å². The number of rotatable bonds is 7. The van der Waals surface area contributed by atoms with Crippen molar-refractivity contribution in [2.45, 2.75) is 64.8 Å². The van der Waals surface area contributed by atoms with Crippen molar-refractivity contribution in [3.05, 3.63) is 11.7 Å². The lowest BCUT2D eigenvalue weighted by molar-refractivity contribution is -0.130. The van der Waals surface area contributed by atoms with Gasteiger partial charge < -0.3 is 9.42 Å². The van der Waals surface area contributed by atoms with E-state index in [2.05, 4.69) is 28.7 Å². The molecular weight excluding hydrogens is 368 g/mol. The van der Waals surface area contributed by atoms with Gasteiger partial charge >= 0.3 is 0 Å². The van der Waals surface area contributed by atoms with E-state index in [-0.39, 0.29) is 23.6 Å². The maximum absolute atomic E-state index is 12.7. The van der Waals surface area contributed by atoms with Crippen molar-refractivity contribution < 1.29 is 17.7 Å². The van der Waals surface area contributed by atoms with E-state index in [9.17, 15) is 13.2 Å². The summed E-state index contributed by atoms with van der Waals surface area (Å²) in [6, 6.07) is -0.167. The molecule has 1 aromatic heterocycles. The summed E-state index contributed by atoms with van der Waals surface area (Å²) < 4.78 is 32.3. The highest BCUT2D eigenvalue weighted by atomic mass is 32.2. The lowest BCUT2D eigenvalue weighted by atomic mass is 9.80. The van der Waals surface area contributed by atoms with Gasteiger partial charge in [0.15, 0.2) is 5.82 Å². The number of fused-ring (bicyclic) bond motifs is 1. The van der Waals surface area contributed by atoms with E-state index in [1.807, 2.05) is 4.90 Å². The summed E-state index contributed by atoms with van der Waals surface area (Å²) in [7, 11) is -3.28. The summed E-state index contributed by atoms with van der Waals surface area (Å²) in [6.07, 6.45) is 2.65. The zero-order chi connectivity index (χ0) is 19.8. The fraction of sp³-hybridized carbons (Fsp3) is 0.833. The van der Waals surface area contributed by atoms with Gasteiger partial charge in [-0.1, -0.05) is 19.0 Å². The normalized spacial score (nSPS) is 28.1. The van der Waals surface area contributed by atoms with Gasteiger partial charge in [0.1, 0.15) is 0 Å². The van der Waals surface area contributed by atoms with Gasteiger partial charge in [0.05, 0.1) is 11.2 Å². The molecule has 1 saturated carbocycles. The van der Waals surface area contributed by atoms with Crippen molar-refractivity contribution in [3.8, 4) is 0 Å². The minimum atomic E-state index is -3.28. The van der Waals surface area contributed by atoms with Crippen LogP contribution in [0.25, 0.3) is 0 Å². The van der Waals surface area contributed by atoms with Crippen molar-refractivity contribution in [2.75, 3.05) is 18.8 Å². The van der Waals surface area contributed by atoms with Crippen LogP contribution < -0.4 is 4.72 Å². The molecule has 2 aliphatic rings. The van der Waals surface area contributed by atoms with Crippen LogP contribution >= 0.6 is 0 Å². The molecule has 1 N–H and O–H groups in total. The average molecular weight is 399 g/mol. The largest absolute Gasteiger partial charge is 0.341 e. The molecule has 2 heterocycles. The van der Waals surface area contributed by atoms with Crippen LogP contribution in [0, 0.1) is 18.8 Å². The number of aromatic nitrogens is 2. The Hall–Kier alpha value is -1.48. The first-order chi connectivity index (χ1) is 12.6. The maximum atomic E-state index is 12.7. The van der Waals surface area contributed by atoms with E-state index in [0.717, 1.165) is 6.42 Å². The first-order valence-electron chi connectivity index (χ1n) is 9.73. The van der Waals surface area contributed by atoms with Crippen molar-refractivity contribution in [3.63, 3.8) is 0 Å². The highest BCUT2D eigenvalue weighted by Gasteiger charge is 2.58. The van der Waals surface area contributed by atoms with Crippen molar-refractivity contribution in [1.82, 2.24) is 19.8 Å². The van der Waals surface area contributed by atoms with Gasteiger partial charge in [0.2, 0.25) is 21.8 Å². The van der Waals surface area contributed by atoms with E-state index in [1.165, 1.54) is 0 Å². The second-order valence-corrected chi connectivity index (χ2v) is 10.4. The quantitative estimate of drug-likeness (QED) is 0.748. The number of amides is 1. The summed E-state index contributed by atoms with van der Waals surface area (Å²) in [5.74, 6) is 1.89. The zero-order valence-corrected chi connectivity index (χ0v) is 17.4. The molecule has 1 aromatic rings. The van der Waals surface area contributed by atoms with Crippen LogP contribution in [0.1, 0.15) is 58.2 Å². The molecule has 152 valence electrons. The molecule has 1 aliphatic heterocycles. The minimum absolute atomic E-state index is 0.0562. The summed E-state index contributed by atoms with van der Waals surface area (Å²) in [4.78, 5) is 19.0. The fourth-order valence-corrected chi connectivity index (χ4v) is 5.24. The average Bonchev–Trinajstić information content (AvgIpc) is 3.24. The second kappa shape index (κ2) is 7.50. The molecule has 0 aromatic carbocycles. The van der Waals surface area contributed by atoms with Gasteiger partial charge in [-0.15, -0.1) is 0 Å². The molecule has 9 heteroatoms. The Balaban J connectivity index is 1.80. The number of sulfonamides is 1. The zero-order valence-electron chi connectivity index (χ0n) is 16.6. The van der Waals surface area contributed by atoms with Gasteiger partial charge in [0, 0.05) is 25.6 Å². The van der Waals surface area contributed by atoms with Gasteiger partial charge in [-0.2, -0.15) is 4.98 Å². The molecule has 27 heavy (non-hydrogen) atoms. The SMILES string of the molecule is CCS(=O)(=O)N[C@@H]1CC2CN(C(=O)CCC(C)C)C[C@@]2(c2nc(C)no2)C1. The lowest BCUT2D eigenvalue weighted by Gasteiger charge is -2.25. The first-order valence-corrected chi connectivity index (χ1v) is 11.4. The van der Waals surface area contributed by atoms with Crippen LogP contribution in [-0.4, -0.2) is 54.2 Å². The molecule has 1 saturated heterocycles. The van der Waals surface area contributed by atoms with Gasteiger partial charge in [0.25, 0.3) is 0 Å². The third-order valence-corrected chi connectivity index (χ3v) is 7.30. The van der Waals surface area contributed by atoms with Crippen molar-refractivity contribution >= 4 is 15.9 Å². The number of nitrogens with zero attached hydrogens (tertiary/aromatic N) is 3. The van der Waals surface area contributed by atoms with Gasteiger partial charge in [-0.3, -0.25) is 4.79 Å². The van der Waals surface area contributed by atoms with E-state index in [0.29, 0.717) is 50.0 Å². The predicted octanol–water partition coefficient (Wildman–Crippen LogP) is 1.61. The summed E-state index contributed by atoms with van der Waals surface area (Å²) in [5, 5.41) is 3.93. The van der Waals surface area contributed by atoms with E-state index in [1.54, 1.807) is 13.8 Å². The maximum Gasteiger partial charge on any atom is 0.235 e. The fourth-order valence-electron chi connectivity index (χ4n) is 4.39. The van der Waals surface area contributed by atoms with Crippen LogP contribution in [-0.2, 0) is 20.2 Å². The van der Waals surface area contributed by atoms with Gasteiger partial charge in [-0.05, 0) is 44.9 Å². The standard InChI is InChI=1S/C18H30N4O4S/c1-5-27(24,25)21-15-8-14-10-22(16(23)7-6-12(2)3)11-18(14,9-15)17-19-13(4)20-26-17/h12,14-15,21H,5-11H2,1-4H3/t14?,15-,18+/m1/s1. The predicted molar refractivity (Wildman–Crippen MR) is 100 cm³/mol. The first kappa shape index (κ1) is 20.3. The Morgan fingerprint density at radius 2 is 2.19 bits per heavy atom. The molecule has 8 nitrogen and oxygen atoms in total. The van der Waals surface area contributed by atoms with Crippen LogP contribution in [0.2, 0.25) is 0 Å². The lowest BCUT2D eigenvalue weighted by Crippen LogP contribution is -2.39. The number of nitrogens with one attached hydrogen (secondary N) is 1. The van der Waals surface area contributed by atoms with Crippen LogP contribution in [0.15, 0.2) is 4.52 Å². The van der Waals surface area contributed by atoms with Crippen LogP contribution in [0.5, 0.6) is 0 Å². The molecule has 0 spiro atoms. The second-order valence-electron chi connectivity index (χ2n) is 8.36. The summed E-state index contributed by atoms with van der Waals surface area (Å²) in [6.45, 7) is 8.75. The Labute approximate surface area is 161 Å². The molecule has 3 rings (SSSR count). The highest BCUT2D eigenvalue weighted by molar-refractivity contribution is 7.89. The third kappa shape index (κ3) is 4.18. The molecule has 0 radical (unpaired) electrons. The molecule has 1 aliphatic carbocycles. The topological polar surface area (TPSA) is 105 Å². The number of carbonyl (C=O) groups excluding carboxylic acids is 1. The number of aryl methyl sites for hydroxylation is 1. The van der Waals surface area contributed by atoms with E-state index in [4.69, 9.17) is 4.52 Å². The van der Waals surface area contributed by atoms with Crippen molar-refractivity contribution in [2.24, 2.45) is 11.8 Å². The molecule has 2 fully saturated rings. The smallest absolute Gasteiger partial charge is 0.235 e. The Bertz CT molecular complexity index is 791. The van der Waals surface area contributed by atoms with E-state index < -0.39 is 15.4 Å². The molecule has 1 amide bonds. The molecular formula is C18H30N4O4S. The van der Waals surface area contributed by atoms with Crippen LogP contribution in [0.3, 0.4) is 0 Å².